The second-order valence-corrected chi connectivity index (χ2v) is 4.34. The van der Waals surface area contributed by atoms with E-state index >= 15 is 0 Å². The number of carbonyl (C=O) groups is 1. The van der Waals surface area contributed by atoms with Crippen molar-refractivity contribution in [2.75, 3.05) is 26.7 Å². The molecule has 1 unspecified atom stereocenters. The topological polar surface area (TPSA) is 58.4 Å². The zero-order valence-electron chi connectivity index (χ0n) is 11.0. The Hall–Kier alpha value is -0.610. The minimum absolute atomic E-state index is 0.0225. The highest BCUT2D eigenvalue weighted by Crippen LogP contribution is 1.93. The summed E-state index contributed by atoms with van der Waals surface area (Å²) in [4.78, 5) is 13.7. The predicted octanol–water partition coefficient (Wildman–Crippen LogP) is 0.962. The lowest BCUT2D eigenvalue weighted by Crippen LogP contribution is -2.43. The third-order valence-corrected chi connectivity index (χ3v) is 2.62. The molecular weight excluding hydrogens is 202 g/mol. The van der Waals surface area contributed by atoms with Gasteiger partial charge in [0.25, 0.3) is 0 Å². The van der Waals surface area contributed by atoms with E-state index in [2.05, 4.69) is 24.2 Å². The SMILES string of the molecule is CCCCN(C)CCNC(=O)C(N)CCC. The Morgan fingerprint density at radius 2 is 2.00 bits per heavy atom. The smallest absolute Gasteiger partial charge is 0.236 e. The minimum Gasteiger partial charge on any atom is -0.353 e. The lowest BCUT2D eigenvalue weighted by molar-refractivity contribution is -0.122. The fraction of sp³-hybridized carbons (Fsp3) is 0.917. The highest BCUT2D eigenvalue weighted by Gasteiger charge is 2.11. The summed E-state index contributed by atoms with van der Waals surface area (Å²) in [7, 11) is 2.08. The molecule has 0 saturated heterocycles. The zero-order chi connectivity index (χ0) is 12.4. The second kappa shape index (κ2) is 9.60. The van der Waals surface area contributed by atoms with Gasteiger partial charge in [-0.15, -0.1) is 0 Å². The number of amides is 1. The fourth-order valence-electron chi connectivity index (χ4n) is 1.48. The summed E-state index contributed by atoms with van der Waals surface area (Å²) in [6, 6.07) is -0.342. The summed E-state index contributed by atoms with van der Waals surface area (Å²) >= 11 is 0. The van der Waals surface area contributed by atoms with Gasteiger partial charge in [-0.25, -0.2) is 0 Å². The summed E-state index contributed by atoms with van der Waals surface area (Å²) in [6.45, 7) is 6.89. The van der Waals surface area contributed by atoms with Gasteiger partial charge in [-0.3, -0.25) is 4.79 Å². The van der Waals surface area contributed by atoms with Crippen LogP contribution < -0.4 is 11.1 Å². The maximum absolute atomic E-state index is 11.5. The lowest BCUT2D eigenvalue weighted by atomic mass is 10.2. The predicted molar refractivity (Wildman–Crippen MR) is 68.3 cm³/mol. The molecule has 0 aliphatic carbocycles. The van der Waals surface area contributed by atoms with Crippen LogP contribution in [-0.2, 0) is 4.79 Å². The molecular formula is C12H27N3O. The van der Waals surface area contributed by atoms with E-state index in [1.165, 1.54) is 12.8 Å². The largest absolute Gasteiger partial charge is 0.353 e. The van der Waals surface area contributed by atoms with Crippen molar-refractivity contribution in [2.24, 2.45) is 5.73 Å². The van der Waals surface area contributed by atoms with E-state index in [1.54, 1.807) is 0 Å². The summed E-state index contributed by atoms with van der Waals surface area (Å²) in [5.41, 5.74) is 5.70. The van der Waals surface area contributed by atoms with Crippen LogP contribution in [0.5, 0.6) is 0 Å². The van der Waals surface area contributed by atoms with Gasteiger partial charge in [0.15, 0.2) is 0 Å². The van der Waals surface area contributed by atoms with Gasteiger partial charge in [-0.1, -0.05) is 26.7 Å². The maximum Gasteiger partial charge on any atom is 0.236 e. The number of unbranched alkanes of at least 4 members (excludes halogenated alkanes) is 1. The first-order chi connectivity index (χ1) is 7.61. The lowest BCUT2D eigenvalue weighted by Gasteiger charge is -2.17. The van der Waals surface area contributed by atoms with Gasteiger partial charge in [-0.05, 0) is 26.4 Å². The van der Waals surface area contributed by atoms with Gasteiger partial charge in [0.2, 0.25) is 5.91 Å². The second-order valence-electron chi connectivity index (χ2n) is 4.34. The quantitative estimate of drug-likeness (QED) is 0.619. The molecule has 0 heterocycles. The van der Waals surface area contributed by atoms with Crippen LogP contribution >= 0.6 is 0 Å². The average Bonchev–Trinajstić information content (AvgIpc) is 2.26. The number of likely N-dealkylation sites (N-methyl/N-ethyl adjacent to an activating group) is 1. The molecule has 96 valence electrons. The van der Waals surface area contributed by atoms with Crippen molar-refractivity contribution in [3.63, 3.8) is 0 Å². The van der Waals surface area contributed by atoms with E-state index in [1.807, 2.05) is 6.92 Å². The molecule has 0 aliphatic rings. The van der Waals surface area contributed by atoms with Crippen LogP contribution in [0.1, 0.15) is 39.5 Å². The molecule has 0 aliphatic heterocycles. The molecule has 1 amide bonds. The molecule has 0 spiro atoms. The van der Waals surface area contributed by atoms with Crippen molar-refractivity contribution in [1.29, 1.82) is 0 Å². The normalized spacial score (nSPS) is 12.8. The van der Waals surface area contributed by atoms with Gasteiger partial charge in [0, 0.05) is 13.1 Å². The highest BCUT2D eigenvalue weighted by atomic mass is 16.2. The molecule has 3 N–H and O–H groups in total. The average molecular weight is 229 g/mol. The van der Waals surface area contributed by atoms with Gasteiger partial charge in [0.05, 0.1) is 6.04 Å². The Morgan fingerprint density at radius 3 is 2.56 bits per heavy atom. The molecule has 0 aromatic rings. The Labute approximate surface area is 99.6 Å². The van der Waals surface area contributed by atoms with Gasteiger partial charge >= 0.3 is 0 Å². The summed E-state index contributed by atoms with van der Waals surface area (Å²) in [6.07, 6.45) is 4.13. The van der Waals surface area contributed by atoms with Crippen LogP contribution in [0.15, 0.2) is 0 Å². The number of nitrogens with zero attached hydrogens (tertiary/aromatic N) is 1. The van der Waals surface area contributed by atoms with Crippen LogP contribution in [0.2, 0.25) is 0 Å². The van der Waals surface area contributed by atoms with Crippen molar-refractivity contribution in [3.05, 3.63) is 0 Å². The molecule has 0 bridgehead atoms. The molecule has 1 atom stereocenters. The van der Waals surface area contributed by atoms with Crippen molar-refractivity contribution in [2.45, 2.75) is 45.6 Å². The van der Waals surface area contributed by atoms with Gasteiger partial charge in [0.1, 0.15) is 0 Å². The minimum atomic E-state index is -0.342. The Balaban J connectivity index is 3.53. The van der Waals surface area contributed by atoms with E-state index in [4.69, 9.17) is 5.73 Å². The zero-order valence-corrected chi connectivity index (χ0v) is 11.0. The molecule has 16 heavy (non-hydrogen) atoms. The number of hydrogen-bond donors (Lipinski definition) is 2. The van der Waals surface area contributed by atoms with E-state index in [0.29, 0.717) is 6.54 Å². The van der Waals surface area contributed by atoms with E-state index in [-0.39, 0.29) is 11.9 Å². The Morgan fingerprint density at radius 1 is 1.31 bits per heavy atom. The van der Waals surface area contributed by atoms with Crippen molar-refractivity contribution < 1.29 is 4.79 Å². The molecule has 4 heteroatoms. The Bertz CT molecular complexity index is 185. The van der Waals surface area contributed by atoms with Crippen molar-refractivity contribution in [1.82, 2.24) is 10.2 Å². The third kappa shape index (κ3) is 7.65. The van der Waals surface area contributed by atoms with E-state index < -0.39 is 0 Å². The third-order valence-electron chi connectivity index (χ3n) is 2.62. The van der Waals surface area contributed by atoms with E-state index in [0.717, 1.165) is 25.9 Å². The van der Waals surface area contributed by atoms with Crippen LogP contribution in [0.3, 0.4) is 0 Å². The van der Waals surface area contributed by atoms with Crippen molar-refractivity contribution in [3.8, 4) is 0 Å². The highest BCUT2D eigenvalue weighted by molar-refractivity contribution is 5.81. The summed E-state index contributed by atoms with van der Waals surface area (Å²) < 4.78 is 0. The molecule has 4 nitrogen and oxygen atoms in total. The number of nitrogens with two attached hydrogens (primary N) is 1. The van der Waals surface area contributed by atoms with Crippen LogP contribution in [0.25, 0.3) is 0 Å². The summed E-state index contributed by atoms with van der Waals surface area (Å²) in [5.74, 6) is -0.0225. The first-order valence-corrected chi connectivity index (χ1v) is 6.33. The summed E-state index contributed by atoms with van der Waals surface area (Å²) in [5, 5.41) is 2.87. The molecule has 0 fully saturated rings. The molecule has 0 radical (unpaired) electrons. The maximum atomic E-state index is 11.5. The molecule has 0 rings (SSSR count). The van der Waals surface area contributed by atoms with Crippen LogP contribution in [0, 0.1) is 0 Å². The number of rotatable bonds is 9. The first-order valence-electron chi connectivity index (χ1n) is 6.33. The number of carbonyl (C=O) groups excluding carboxylic acids is 1. The van der Waals surface area contributed by atoms with Gasteiger partial charge in [-0.2, -0.15) is 0 Å². The first kappa shape index (κ1) is 15.4. The van der Waals surface area contributed by atoms with Crippen LogP contribution in [-0.4, -0.2) is 43.5 Å². The standard InChI is InChI=1S/C12H27N3O/c1-4-6-9-15(3)10-8-14-12(16)11(13)7-5-2/h11H,4-10,13H2,1-3H3,(H,14,16). The van der Waals surface area contributed by atoms with E-state index in [9.17, 15) is 4.79 Å². The molecule has 0 aromatic carbocycles. The van der Waals surface area contributed by atoms with Crippen LogP contribution in [0.4, 0.5) is 0 Å². The molecule has 0 aromatic heterocycles. The fourth-order valence-corrected chi connectivity index (χ4v) is 1.48. The van der Waals surface area contributed by atoms with Crippen molar-refractivity contribution >= 4 is 5.91 Å². The monoisotopic (exact) mass is 229 g/mol. The number of nitrogens with one attached hydrogen (secondary N) is 1. The Kier molecular flexibility index (Phi) is 9.24. The molecule has 0 saturated carbocycles. The van der Waals surface area contributed by atoms with Gasteiger partial charge < -0.3 is 16.0 Å². The number of hydrogen-bond acceptors (Lipinski definition) is 3.